The first-order chi connectivity index (χ1) is 19.5. The lowest BCUT2D eigenvalue weighted by molar-refractivity contribution is -0.138. The number of rotatable bonds is 9. The van der Waals surface area contributed by atoms with Crippen LogP contribution in [0.2, 0.25) is 5.02 Å². The molecular weight excluding hydrogens is 589 g/mol. The normalized spacial score (nSPS) is 18.3. The minimum absolute atomic E-state index is 0. The number of nitrogens with zero attached hydrogens (tertiary/aromatic N) is 6. The van der Waals surface area contributed by atoms with Crippen LogP contribution in [0.5, 0.6) is 0 Å². The summed E-state index contributed by atoms with van der Waals surface area (Å²) in [5.74, 6) is -0.00657. The molecule has 2 aliphatic rings. The van der Waals surface area contributed by atoms with Gasteiger partial charge in [-0.1, -0.05) is 19.0 Å². The Morgan fingerprint density at radius 3 is 2.55 bits per heavy atom. The van der Waals surface area contributed by atoms with Gasteiger partial charge in [-0.25, -0.2) is 15.0 Å². The van der Waals surface area contributed by atoms with E-state index in [-0.39, 0.29) is 18.9 Å². The third-order valence-corrected chi connectivity index (χ3v) is 8.92. The van der Waals surface area contributed by atoms with Crippen LogP contribution in [-0.4, -0.2) is 81.1 Å². The molecule has 0 radical (unpaired) electrons. The molecule has 0 saturated carbocycles. The summed E-state index contributed by atoms with van der Waals surface area (Å²) in [5.41, 5.74) is 0.868. The number of carbonyl (C=O) groups is 1. The highest BCUT2D eigenvalue weighted by Gasteiger charge is 2.32. The Morgan fingerprint density at radius 1 is 1.12 bits per heavy atom. The maximum Gasteiger partial charge on any atom is 0.416 e. The van der Waals surface area contributed by atoms with Crippen molar-refractivity contribution in [3.05, 3.63) is 56.8 Å². The number of piperazine rings is 1. The summed E-state index contributed by atoms with van der Waals surface area (Å²) in [7, 11) is 0. The number of anilines is 1. The lowest BCUT2D eigenvalue weighted by Gasteiger charge is -2.35. The molecule has 42 heavy (non-hydrogen) atoms. The second kappa shape index (κ2) is 13.7. The van der Waals surface area contributed by atoms with Gasteiger partial charge in [0.2, 0.25) is 0 Å². The van der Waals surface area contributed by atoms with Gasteiger partial charge in [-0.15, -0.1) is 11.3 Å². The summed E-state index contributed by atoms with van der Waals surface area (Å²) in [5, 5.41) is 9.72. The fourth-order valence-corrected chi connectivity index (χ4v) is 6.74. The zero-order valence-electron chi connectivity index (χ0n) is 22.7. The molecule has 0 unspecified atom stereocenters. The van der Waals surface area contributed by atoms with Crippen LogP contribution in [0.3, 0.4) is 0 Å². The fraction of sp³-hybridized carbons (Fsp3) is 0.517. The van der Waals surface area contributed by atoms with E-state index in [0.29, 0.717) is 36.8 Å². The summed E-state index contributed by atoms with van der Waals surface area (Å²) in [4.78, 5) is 32.2. The molecule has 0 spiro atoms. The molecule has 0 aliphatic carbocycles. The molecule has 2 aromatic heterocycles. The van der Waals surface area contributed by atoms with Gasteiger partial charge in [0.15, 0.2) is 0 Å². The van der Waals surface area contributed by atoms with Gasteiger partial charge >= 0.3 is 12.1 Å². The van der Waals surface area contributed by atoms with Crippen molar-refractivity contribution < 1.29 is 23.1 Å². The molecule has 2 fully saturated rings. The lowest BCUT2D eigenvalue weighted by atomic mass is 10.1. The summed E-state index contributed by atoms with van der Waals surface area (Å²) in [6, 6.07) is 5.94. The third kappa shape index (κ3) is 7.97. The predicted molar refractivity (Wildman–Crippen MR) is 159 cm³/mol. The van der Waals surface area contributed by atoms with Crippen LogP contribution in [-0.2, 0) is 23.9 Å². The highest BCUT2D eigenvalue weighted by Crippen LogP contribution is 2.38. The Kier molecular flexibility index (Phi) is 10.4. The highest BCUT2D eigenvalue weighted by molar-refractivity contribution is 7.12. The van der Waals surface area contributed by atoms with E-state index in [1.165, 1.54) is 17.7 Å². The SMILES string of the molecule is C.C[C@@H]1CCCN1Cc1sc(Cc2cc(N3CCN(CCC(=O)O)CC3)ncn2)nc1-c1cc(Cl)cc(C(F)(F)F)c1. The maximum absolute atomic E-state index is 13.6. The quantitative estimate of drug-likeness (QED) is 0.307. The molecule has 4 heterocycles. The predicted octanol–water partition coefficient (Wildman–Crippen LogP) is 6.08. The van der Waals surface area contributed by atoms with Gasteiger partial charge in [0.1, 0.15) is 12.1 Å². The van der Waals surface area contributed by atoms with Crippen LogP contribution in [0.1, 0.15) is 54.8 Å². The summed E-state index contributed by atoms with van der Waals surface area (Å²) in [6.07, 6.45) is -0.257. The average molecular weight is 625 g/mol. The van der Waals surface area contributed by atoms with E-state index < -0.39 is 17.7 Å². The number of hydrogen-bond acceptors (Lipinski definition) is 8. The maximum atomic E-state index is 13.6. The molecule has 2 aliphatic heterocycles. The van der Waals surface area contributed by atoms with E-state index in [2.05, 4.69) is 31.6 Å². The molecule has 228 valence electrons. The second-order valence-electron chi connectivity index (χ2n) is 10.6. The van der Waals surface area contributed by atoms with Crippen LogP contribution in [0.25, 0.3) is 11.3 Å². The van der Waals surface area contributed by atoms with Crippen LogP contribution in [0.4, 0.5) is 19.0 Å². The number of carboxylic acids is 1. The molecule has 1 aromatic carbocycles. The van der Waals surface area contributed by atoms with E-state index in [1.54, 1.807) is 6.07 Å². The second-order valence-corrected chi connectivity index (χ2v) is 12.2. The number of carboxylic acid groups (broad SMARTS) is 1. The van der Waals surface area contributed by atoms with Crippen molar-refractivity contribution in [3.8, 4) is 11.3 Å². The number of benzene rings is 1. The van der Waals surface area contributed by atoms with Crippen LogP contribution in [0, 0.1) is 0 Å². The first-order valence-corrected chi connectivity index (χ1v) is 14.9. The molecule has 5 rings (SSSR count). The number of aliphatic carboxylic acids is 1. The Balaban J connectivity index is 0.00000405. The van der Waals surface area contributed by atoms with E-state index in [0.717, 1.165) is 79.1 Å². The standard InChI is InChI=1S/C28H32ClF3N6O2S.CH4/c1-18-3-2-5-38(18)16-23-27(19-11-20(28(30,31)32)13-21(29)12-19)35-25(41-23)15-22-14-24(34-17-33-22)37-9-7-36(8-10-37)6-4-26(39)40;/h11-14,17-18H,2-10,15-16H2,1H3,(H,39,40);1H4/t18-;/m1./s1. The van der Waals surface area contributed by atoms with Crippen molar-refractivity contribution in [2.75, 3.05) is 44.2 Å². The molecule has 1 N–H and O–H groups in total. The number of likely N-dealkylation sites (tertiary alicyclic amines) is 1. The average Bonchev–Trinajstić information content (AvgIpc) is 3.52. The van der Waals surface area contributed by atoms with E-state index in [9.17, 15) is 18.0 Å². The Morgan fingerprint density at radius 2 is 1.88 bits per heavy atom. The Bertz CT molecular complexity index is 1380. The van der Waals surface area contributed by atoms with Gasteiger partial charge in [-0.2, -0.15) is 13.2 Å². The minimum Gasteiger partial charge on any atom is -0.481 e. The molecule has 3 aromatic rings. The Labute approximate surface area is 253 Å². The van der Waals surface area contributed by atoms with Crippen molar-refractivity contribution in [1.82, 2.24) is 24.8 Å². The van der Waals surface area contributed by atoms with Gasteiger partial charge in [-0.3, -0.25) is 14.6 Å². The molecular formula is C29H36ClF3N6O2S. The lowest BCUT2D eigenvalue weighted by Crippen LogP contribution is -2.47. The number of halogens is 4. The van der Waals surface area contributed by atoms with Crippen molar-refractivity contribution in [2.45, 2.75) is 58.8 Å². The first kappa shape index (κ1) is 32.1. The van der Waals surface area contributed by atoms with Crippen molar-refractivity contribution >= 4 is 34.7 Å². The van der Waals surface area contributed by atoms with E-state index in [1.807, 2.05) is 6.07 Å². The Hall–Kier alpha value is -2.80. The number of alkyl halides is 3. The zero-order chi connectivity index (χ0) is 29.1. The fourth-order valence-electron chi connectivity index (χ4n) is 5.38. The van der Waals surface area contributed by atoms with E-state index >= 15 is 0 Å². The first-order valence-electron chi connectivity index (χ1n) is 13.7. The van der Waals surface area contributed by atoms with Gasteiger partial charge < -0.3 is 10.0 Å². The molecule has 8 nitrogen and oxygen atoms in total. The highest BCUT2D eigenvalue weighted by atomic mass is 35.5. The molecule has 1 atom stereocenters. The van der Waals surface area contributed by atoms with Crippen molar-refractivity contribution in [2.24, 2.45) is 0 Å². The summed E-state index contributed by atoms with van der Waals surface area (Å²) in [6.45, 7) is 7.21. The number of hydrogen-bond donors (Lipinski definition) is 1. The monoisotopic (exact) mass is 624 g/mol. The van der Waals surface area contributed by atoms with E-state index in [4.69, 9.17) is 21.7 Å². The van der Waals surface area contributed by atoms with Crippen molar-refractivity contribution in [1.29, 1.82) is 0 Å². The molecule has 13 heteroatoms. The third-order valence-electron chi connectivity index (χ3n) is 7.66. The number of thiazole rings is 1. The topological polar surface area (TPSA) is 85.7 Å². The molecule has 2 saturated heterocycles. The summed E-state index contributed by atoms with van der Waals surface area (Å²) >= 11 is 7.64. The number of aromatic nitrogens is 3. The van der Waals surface area contributed by atoms with Gasteiger partial charge in [0.05, 0.1) is 28.4 Å². The van der Waals surface area contributed by atoms with Gasteiger partial charge in [0.25, 0.3) is 0 Å². The molecule has 0 bridgehead atoms. The van der Waals surface area contributed by atoms with Crippen LogP contribution >= 0.6 is 22.9 Å². The minimum atomic E-state index is -4.51. The van der Waals surface area contributed by atoms with Crippen LogP contribution in [0.15, 0.2) is 30.6 Å². The zero-order valence-corrected chi connectivity index (χ0v) is 24.3. The van der Waals surface area contributed by atoms with Gasteiger partial charge in [-0.05, 0) is 44.5 Å². The summed E-state index contributed by atoms with van der Waals surface area (Å²) < 4.78 is 40.8. The largest absolute Gasteiger partial charge is 0.481 e. The van der Waals surface area contributed by atoms with Gasteiger partial charge in [0, 0.05) is 73.3 Å². The smallest absolute Gasteiger partial charge is 0.416 e. The van der Waals surface area contributed by atoms with Crippen molar-refractivity contribution in [3.63, 3.8) is 0 Å². The molecule has 0 amide bonds. The van der Waals surface area contributed by atoms with Crippen LogP contribution < -0.4 is 4.90 Å².